The fraction of sp³-hybridized carbons (Fsp3) is 0.562. The number of thiol groups is 1. The van der Waals surface area contributed by atoms with E-state index in [0.717, 1.165) is 19.4 Å². The minimum atomic E-state index is -0.443. The highest BCUT2D eigenvalue weighted by Crippen LogP contribution is 2.29. The molecule has 1 N–H and O–H groups in total. The second-order valence-corrected chi connectivity index (χ2v) is 6.29. The monoisotopic (exact) mass is 327 g/mol. The second-order valence-electron chi connectivity index (χ2n) is 5.52. The number of hydrogen-bond donors (Lipinski definition) is 2. The predicted molar refractivity (Wildman–Crippen MR) is 86.5 cm³/mol. The van der Waals surface area contributed by atoms with Gasteiger partial charge in [-0.15, -0.1) is 0 Å². The Morgan fingerprint density at radius 1 is 1.41 bits per heavy atom. The van der Waals surface area contributed by atoms with E-state index in [1.165, 1.54) is 12.1 Å². The zero-order valence-corrected chi connectivity index (χ0v) is 13.7. The van der Waals surface area contributed by atoms with Gasteiger partial charge in [0.2, 0.25) is 0 Å². The van der Waals surface area contributed by atoms with Crippen molar-refractivity contribution in [2.75, 3.05) is 13.2 Å². The summed E-state index contributed by atoms with van der Waals surface area (Å²) in [6, 6.07) is 4.66. The minimum Gasteiger partial charge on any atom is -0.490 e. The lowest BCUT2D eigenvalue weighted by atomic mass is 9.89. The Bertz CT molecular complexity index is 518. The van der Waals surface area contributed by atoms with E-state index in [0.29, 0.717) is 17.5 Å². The normalized spacial score (nSPS) is 21.8. The predicted octanol–water partition coefficient (Wildman–Crippen LogP) is 2.61. The molecule has 1 aromatic rings. The SMILES string of the molecule is CCNC1CC(Oc2cc(F)cc(OCC(=O)C(C)S)c2)C1. The number of rotatable bonds is 8. The van der Waals surface area contributed by atoms with Crippen LogP contribution in [0.2, 0.25) is 0 Å². The first kappa shape index (κ1) is 17.1. The molecule has 6 heteroatoms. The van der Waals surface area contributed by atoms with Crippen molar-refractivity contribution < 1.29 is 18.7 Å². The lowest BCUT2D eigenvalue weighted by Crippen LogP contribution is -2.46. The number of halogens is 1. The minimum absolute atomic E-state index is 0.0952. The number of ether oxygens (including phenoxy) is 2. The van der Waals surface area contributed by atoms with Gasteiger partial charge in [-0.2, -0.15) is 12.6 Å². The molecule has 122 valence electrons. The lowest BCUT2D eigenvalue weighted by Gasteiger charge is -2.35. The highest BCUT2D eigenvalue weighted by Gasteiger charge is 2.30. The van der Waals surface area contributed by atoms with Crippen LogP contribution >= 0.6 is 12.6 Å². The van der Waals surface area contributed by atoms with Gasteiger partial charge in [-0.1, -0.05) is 6.92 Å². The molecule has 0 saturated heterocycles. The first-order chi connectivity index (χ1) is 10.5. The molecule has 0 radical (unpaired) electrons. The van der Waals surface area contributed by atoms with E-state index in [1.54, 1.807) is 13.0 Å². The number of nitrogens with one attached hydrogen (secondary N) is 1. The third kappa shape index (κ3) is 4.88. The summed E-state index contributed by atoms with van der Waals surface area (Å²) in [7, 11) is 0. The molecule has 0 amide bonds. The van der Waals surface area contributed by atoms with Crippen LogP contribution < -0.4 is 14.8 Å². The largest absolute Gasteiger partial charge is 0.490 e. The summed E-state index contributed by atoms with van der Waals surface area (Å²) in [6.07, 6.45) is 1.92. The van der Waals surface area contributed by atoms with Gasteiger partial charge in [0.15, 0.2) is 5.78 Å². The Hall–Kier alpha value is -1.27. The molecule has 0 heterocycles. The molecule has 0 spiro atoms. The van der Waals surface area contributed by atoms with Gasteiger partial charge in [0, 0.05) is 24.2 Å². The Morgan fingerprint density at radius 2 is 2.09 bits per heavy atom. The fourth-order valence-electron chi connectivity index (χ4n) is 2.27. The van der Waals surface area contributed by atoms with Gasteiger partial charge >= 0.3 is 0 Å². The fourth-order valence-corrected chi connectivity index (χ4v) is 2.35. The molecule has 22 heavy (non-hydrogen) atoms. The van der Waals surface area contributed by atoms with Crippen molar-refractivity contribution in [3.8, 4) is 11.5 Å². The van der Waals surface area contributed by atoms with E-state index in [2.05, 4.69) is 24.9 Å². The zero-order valence-electron chi connectivity index (χ0n) is 12.8. The van der Waals surface area contributed by atoms with Gasteiger partial charge in [-0.3, -0.25) is 4.79 Å². The van der Waals surface area contributed by atoms with Gasteiger partial charge in [-0.05, 0) is 26.3 Å². The van der Waals surface area contributed by atoms with Crippen molar-refractivity contribution in [2.24, 2.45) is 0 Å². The highest BCUT2D eigenvalue weighted by molar-refractivity contribution is 7.81. The van der Waals surface area contributed by atoms with Crippen LogP contribution in [-0.2, 0) is 4.79 Å². The maximum Gasteiger partial charge on any atom is 0.182 e. The van der Waals surface area contributed by atoms with Crippen molar-refractivity contribution in [3.63, 3.8) is 0 Å². The summed E-state index contributed by atoms with van der Waals surface area (Å²) in [4.78, 5) is 11.5. The molecule has 1 aliphatic carbocycles. The Labute approximate surface area is 135 Å². The number of carbonyl (C=O) groups excluding carboxylic acids is 1. The van der Waals surface area contributed by atoms with Crippen LogP contribution in [0.1, 0.15) is 26.7 Å². The average molecular weight is 327 g/mol. The average Bonchev–Trinajstić information content (AvgIpc) is 2.42. The van der Waals surface area contributed by atoms with Crippen LogP contribution in [0.3, 0.4) is 0 Å². The Kier molecular flexibility index (Phi) is 6.08. The highest BCUT2D eigenvalue weighted by atomic mass is 32.1. The van der Waals surface area contributed by atoms with Gasteiger partial charge in [0.25, 0.3) is 0 Å². The number of hydrogen-bond acceptors (Lipinski definition) is 5. The van der Waals surface area contributed by atoms with Crippen molar-refractivity contribution >= 4 is 18.4 Å². The van der Waals surface area contributed by atoms with E-state index in [4.69, 9.17) is 9.47 Å². The summed E-state index contributed by atoms with van der Waals surface area (Å²) >= 11 is 4.04. The number of ketones is 1. The smallest absolute Gasteiger partial charge is 0.182 e. The van der Waals surface area contributed by atoms with E-state index in [1.807, 2.05) is 0 Å². The summed E-state index contributed by atoms with van der Waals surface area (Å²) in [6.45, 7) is 4.55. The van der Waals surface area contributed by atoms with Crippen molar-refractivity contribution in [3.05, 3.63) is 24.0 Å². The molecular weight excluding hydrogens is 305 g/mol. The van der Waals surface area contributed by atoms with Crippen LogP contribution in [0.25, 0.3) is 0 Å². The number of benzene rings is 1. The second kappa shape index (κ2) is 7.83. The molecule has 0 aliphatic heterocycles. The van der Waals surface area contributed by atoms with Gasteiger partial charge < -0.3 is 14.8 Å². The van der Waals surface area contributed by atoms with Crippen LogP contribution in [0.4, 0.5) is 4.39 Å². The van der Waals surface area contributed by atoms with E-state index in [-0.39, 0.29) is 18.5 Å². The molecular formula is C16H22FNO3S. The van der Waals surface area contributed by atoms with E-state index < -0.39 is 11.1 Å². The molecule has 1 aliphatic rings. The molecule has 1 fully saturated rings. The summed E-state index contributed by atoms with van der Waals surface area (Å²) in [5.74, 6) is 0.130. The van der Waals surface area contributed by atoms with Gasteiger partial charge in [-0.25, -0.2) is 4.39 Å². The summed E-state index contributed by atoms with van der Waals surface area (Å²) < 4.78 is 24.7. The summed E-state index contributed by atoms with van der Waals surface area (Å²) in [5, 5.41) is 2.94. The third-order valence-electron chi connectivity index (χ3n) is 3.58. The lowest BCUT2D eigenvalue weighted by molar-refractivity contribution is -0.120. The molecule has 4 nitrogen and oxygen atoms in total. The number of Topliss-reactive ketones (excluding diaryl/α,β-unsaturated/α-hetero) is 1. The van der Waals surface area contributed by atoms with E-state index in [9.17, 15) is 9.18 Å². The van der Waals surface area contributed by atoms with Crippen molar-refractivity contribution in [1.29, 1.82) is 0 Å². The maximum atomic E-state index is 13.6. The molecule has 1 unspecified atom stereocenters. The van der Waals surface area contributed by atoms with Gasteiger partial charge in [0.05, 0.1) is 5.25 Å². The van der Waals surface area contributed by atoms with E-state index >= 15 is 0 Å². The third-order valence-corrected chi connectivity index (χ3v) is 3.87. The molecule has 1 atom stereocenters. The van der Waals surface area contributed by atoms with Crippen LogP contribution in [0.15, 0.2) is 18.2 Å². The van der Waals surface area contributed by atoms with Crippen molar-refractivity contribution in [2.45, 2.75) is 44.1 Å². The first-order valence-corrected chi connectivity index (χ1v) is 8.03. The van der Waals surface area contributed by atoms with Crippen LogP contribution in [0.5, 0.6) is 11.5 Å². The summed E-state index contributed by atoms with van der Waals surface area (Å²) in [5.41, 5.74) is 0. The van der Waals surface area contributed by atoms with Crippen LogP contribution in [0, 0.1) is 5.82 Å². The van der Waals surface area contributed by atoms with Crippen molar-refractivity contribution in [1.82, 2.24) is 5.32 Å². The molecule has 0 aromatic heterocycles. The maximum absolute atomic E-state index is 13.6. The number of carbonyl (C=O) groups is 1. The molecule has 1 aromatic carbocycles. The van der Waals surface area contributed by atoms with Gasteiger partial charge in [0.1, 0.15) is 30.0 Å². The zero-order chi connectivity index (χ0) is 16.1. The Balaban J connectivity index is 1.89. The quantitative estimate of drug-likeness (QED) is 0.721. The Morgan fingerprint density at radius 3 is 2.73 bits per heavy atom. The topological polar surface area (TPSA) is 47.6 Å². The standard InChI is InChI=1S/C16H22FNO3S/c1-3-18-12-6-15(7-12)21-14-5-11(17)4-13(8-14)20-9-16(19)10(2)22/h4-5,8,10,12,15,18,22H,3,6-7,9H2,1-2H3. The molecule has 2 rings (SSSR count). The molecule has 0 bridgehead atoms. The first-order valence-electron chi connectivity index (χ1n) is 7.52. The molecule has 1 saturated carbocycles. The van der Waals surface area contributed by atoms with Crippen LogP contribution in [-0.4, -0.2) is 36.3 Å².